The first kappa shape index (κ1) is 11.6. The fourth-order valence-electron chi connectivity index (χ4n) is 1.18. The number of hydrogen-bond donors (Lipinski definition) is 1. The fraction of sp³-hybridized carbons (Fsp3) is 0.400. The van der Waals surface area contributed by atoms with Crippen LogP contribution in [0.5, 0.6) is 0 Å². The molecule has 1 aromatic heterocycles. The van der Waals surface area contributed by atoms with E-state index in [1.54, 1.807) is 13.0 Å². The second-order valence-electron chi connectivity index (χ2n) is 3.00. The highest BCUT2D eigenvalue weighted by molar-refractivity contribution is 5.70. The number of carbonyl (C=O) groups is 1. The molecular weight excluding hydrogens is 199 g/mol. The van der Waals surface area contributed by atoms with Crippen molar-refractivity contribution in [2.24, 2.45) is 5.73 Å². The van der Waals surface area contributed by atoms with Crippen molar-refractivity contribution in [3.05, 3.63) is 29.8 Å². The summed E-state index contributed by atoms with van der Waals surface area (Å²) < 4.78 is 17.8. The summed E-state index contributed by atoms with van der Waals surface area (Å²) in [6, 6.07) is 2.37. The van der Waals surface area contributed by atoms with Gasteiger partial charge < -0.3 is 10.5 Å². The van der Waals surface area contributed by atoms with Crippen LogP contribution in [-0.4, -0.2) is 17.6 Å². The smallest absolute Gasteiger partial charge is 0.307 e. The van der Waals surface area contributed by atoms with Gasteiger partial charge in [0.1, 0.15) is 0 Å². The van der Waals surface area contributed by atoms with Crippen LogP contribution < -0.4 is 5.73 Å². The molecule has 0 saturated carbocycles. The van der Waals surface area contributed by atoms with E-state index in [0.29, 0.717) is 6.61 Å². The molecule has 1 atom stereocenters. The summed E-state index contributed by atoms with van der Waals surface area (Å²) in [5.74, 6) is -1.08. The predicted molar refractivity (Wildman–Crippen MR) is 52.4 cm³/mol. The molecule has 0 aromatic carbocycles. The summed E-state index contributed by atoms with van der Waals surface area (Å²) in [5.41, 5.74) is 5.87. The minimum absolute atomic E-state index is 0.0452. The van der Waals surface area contributed by atoms with E-state index in [0.717, 1.165) is 0 Å². The summed E-state index contributed by atoms with van der Waals surface area (Å²) in [4.78, 5) is 14.5. The van der Waals surface area contributed by atoms with E-state index in [1.165, 1.54) is 12.3 Å². The van der Waals surface area contributed by atoms with Crippen LogP contribution >= 0.6 is 0 Å². The molecule has 1 heterocycles. The summed E-state index contributed by atoms with van der Waals surface area (Å²) >= 11 is 0. The molecule has 0 amide bonds. The number of nitrogens with zero attached hydrogens (tertiary/aromatic N) is 1. The number of ether oxygens (including phenoxy) is 1. The minimum Gasteiger partial charge on any atom is -0.466 e. The SMILES string of the molecule is CCOC(=O)C[C@@H](N)c1cccnc1F. The highest BCUT2D eigenvalue weighted by atomic mass is 19.1. The lowest BCUT2D eigenvalue weighted by Crippen LogP contribution is -2.18. The number of nitrogens with two attached hydrogens (primary N) is 1. The van der Waals surface area contributed by atoms with Crippen LogP contribution in [0.25, 0.3) is 0 Å². The third-order valence-electron chi connectivity index (χ3n) is 1.88. The Hall–Kier alpha value is -1.49. The molecule has 82 valence electrons. The van der Waals surface area contributed by atoms with Crippen LogP contribution in [0.2, 0.25) is 0 Å². The Morgan fingerprint density at radius 2 is 2.47 bits per heavy atom. The van der Waals surface area contributed by atoms with Crippen LogP contribution in [-0.2, 0) is 9.53 Å². The molecule has 5 heteroatoms. The lowest BCUT2D eigenvalue weighted by Gasteiger charge is -2.10. The lowest BCUT2D eigenvalue weighted by molar-refractivity contribution is -0.143. The zero-order valence-electron chi connectivity index (χ0n) is 8.44. The van der Waals surface area contributed by atoms with Gasteiger partial charge in [-0.2, -0.15) is 4.39 Å². The molecule has 0 fully saturated rings. The first-order valence-electron chi connectivity index (χ1n) is 4.66. The van der Waals surface area contributed by atoms with Crippen molar-refractivity contribution in [1.82, 2.24) is 4.98 Å². The topological polar surface area (TPSA) is 65.2 Å². The van der Waals surface area contributed by atoms with Gasteiger partial charge in [-0.05, 0) is 13.0 Å². The van der Waals surface area contributed by atoms with Crippen LogP contribution in [0.1, 0.15) is 24.9 Å². The van der Waals surface area contributed by atoms with Gasteiger partial charge in [0.25, 0.3) is 0 Å². The van der Waals surface area contributed by atoms with Gasteiger partial charge >= 0.3 is 5.97 Å². The van der Waals surface area contributed by atoms with E-state index >= 15 is 0 Å². The average Bonchev–Trinajstić information content (AvgIpc) is 2.18. The summed E-state index contributed by atoms with van der Waals surface area (Å²) in [6.07, 6.45) is 1.28. The number of pyridine rings is 1. The van der Waals surface area contributed by atoms with E-state index < -0.39 is 18.0 Å². The Morgan fingerprint density at radius 3 is 3.07 bits per heavy atom. The maximum atomic E-state index is 13.1. The number of rotatable bonds is 4. The van der Waals surface area contributed by atoms with Crippen LogP contribution in [0.4, 0.5) is 4.39 Å². The van der Waals surface area contributed by atoms with Gasteiger partial charge in [-0.1, -0.05) is 6.07 Å². The zero-order chi connectivity index (χ0) is 11.3. The second kappa shape index (κ2) is 5.41. The molecular formula is C10H13FN2O2. The highest BCUT2D eigenvalue weighted by Crippen LogP contribution is 2.16. The van der Waals surface area contributed by atoms with E-state index in [2.05, 4.69) is 4.98 Å². The quantitative estimate of drug-likeness (QED) is 0.601. The van der Waals surface area contributed by atoms with Crippen molar-refractivity contribution in [1.29, 1.82) is 0 Å². The molecule has 2 N–H and O–H groups in total. The summed E-state index contributed by atoms with van der Waals surface area (Å²) in [7, 11) is 0. The molecule has 0 radical (unpaired) electrons. The molecule has 0 saturated heterocycles. The van der Waals surface area contributed by atoms with Gasteiger partial charge in [-0.25, -0.2) is 4.98 Å². The van der Waals surface area contributed by atoms with Gasteiger partial charge in [0.2, 0.25) is 5.95 Å². The van der Waals surface area contributed by atoms with Crippen molar-refractivity contribution in [3.8, 4) is 0 Å². The minimum atomic E-state index is -0.710. The number of hydrogen-bond acceptors (Lipinski definition) is 4. The number of carbonyl (C=O) groups excluding carboxylic acids is 1. The molecule has 0 aliphatic rings. The molecule has 15 heavy (non-hydrogen) atoms. The third kappa shape index (κ3) is 3.28. The van der Waals surface area contributed by atoms with Crippen LogP contribution in [0.3, 0.4) is 0 Å². The molecule has 0 aliphatic heterocycles. The number of esters is 1. The Kier molecular flexibility index (Phi) is 4.17. The molecule has 0 unspecified atom stereocenters. The summed E-state index contributed by atoms with van der Waals surface area (Å²) in [5, 5.41) is 0. The molecule has 1 rings (SSSR count). The maximum absolute atomic E-state index is 13.1. The summed E-state index contributed by atoms with van der Waals surface area (Å²) in [6.45, 7) is 2.00. The van der Waals surface area contributed by atoms with Crippen molar-refractivity contribution in [2.45, 2.75) is 19.4 Å². The number of halogens is 1. The van der Waals surface area contributed by atoms with Gasteiger partial charge in [0.05, 0.1) is 13.0 Å². The van der Waals surface area contributed by atoms with E-state index in [4.69, 9.17) is 10.5 Å². The molecule has 4 nitrogen and oxygen atoms in total. The monoisotopic (exact) mass is 212 g/mol. The lowest BCUT2D eigenvalue weighted by atomic mass is 10.1. The highest BCUT2D eigenvalue weighted by Gasteiger charge is 2.16. The maximum Gasteiger partial charge on any atom is 0.307 e. The van der Waals surface area contributed by atoms with Gasteiger partial charge in [0.15, 0.2) is 0 Å². The molecule has 0 spiro atoms. The second-order valence-corrected chi connectivity index (χ2v) is 3.00. The van der Waals surface area contributed by atoms with Crippen molar-refractivity contribution >= 4 is 5.97 Å². The van der Waals surface area contributed by atoms with E-state index in [1.807, 2.05) is 0 Å². The van der Waals surface area contributed by atoms with Crippen LogP contribution in [0.15, 0.2) is 18.3 Å². The van der Waals surface area contributed by atoms with Gasteiger partial charge in [-0.3, -0.25) is 4.79 Å². The van der Waals surface area contributed by atoms with Gasteiger partial charge in [0, 0.05) is 17.8 Å². The zero-order valence-corrected chi connectivity index (χ0v) is 8.44. The van der Waals surface area contributed by atoms with E-state index in [9.17, 15) is 9.18 Å². The first-order valence-corrected chi connectivity index (χ1v) is 4.66. The number of aromatic nitrogens is 1. The van der Waals surface area contributed by atoms with Crippen molar-refractivity contribution < 1.29 is 13.9 Å². The standard InChI is InChI=1S/C10H13FN2O2/c1-2-15-9(14)6-8(12)7-4-3-5-13-10(7)11/h3-5,8H,2,6,12H2,1H3/t8-/m1/s1. The first-order chi connectivity index (χ1) is 7.15. The Morgan fingerprint density at radius 1 is 1.73 bits per heavy atom. The Balaban J connectivity index is 2.65. The normalized spacial score (nSPS) is 12.2. The van der Waals surface area contributed by atoms with E-state index in [-0.39, 0.29) is 12.0 Å². The third-order valence-corrected chi connectivity index (χ3v) is 1.88. The Labute approximate surface area is 87.3 Å². The van der Waals surface area contributed by atoms with Crippen molar-refractivity contribution in [3.63, 3.8) is 0 Å². The Bertz CT molecular complexity index is 344. The van der Waals surface area contributed by atoms with Gasteiger partial charge in [-0.15, -0.1) is 0 Å². The fourth-order valence-corrected chi connectivity index (χ4v) is 1.18. The largest absolute Gasteiger partial charge is 0.466 e. The molecule has 0 aliphatic carbocycles. The van der Waals surface area contributed by atoms with Crippen molar-refractivity contribution in [2.75, 3.05) is 6.61 Å². The molecule has 1 aromatic rings. The predicted octanol–water partition coefficient (Wildman–Crippen LogP) is 1.17. The molecule has 0 bridgehead atoms. The average molecular weight is 212 g/mol. The van der Waals surface area contributed by atoms with Crippen LogP contribution in [0, 0.1) is 5.95 Å².